The van der Waals surface area contributed by atoms with Crippen LogP contribution in [0.15, 0.2) is 65.7 Å². The molecular weight excluding hydrogens is 590 g/mol. The summed E-state index contributed by atoms with van der Waals surface area (Å²) in [6.45, 7) is 2.86. The molecule has 0 atom stereocenters. The molecule has 232 valence electrons. The largest absolute Gasteiger partial charge is 0.349 e. The van der Waals surface area contributed by atoms with Crippen molar-refractivity contribution >= 4 is 27.4 Å². The number of nitrogens with one attached hydrogen (secondary N) is 1. The molecule has 9 nitrogen and oxygen atoms in total. The maximum absolute atomic E-state index is 14.1. The van der Waals surface area contributed by atoms with Crippen molar-refractivity contribution in [3.63, 3.8) is 0 Å². The molecule has 3 aromatic rings. The van der Waals surface area contributed by atoms with Gasteiger partial charge in [-0.1, -0.05) is 12.1 Å². The lowest BCUT2D eigenvalue weighted by molar-refractivity contribution is 0.0644. The van der Waals surface area contributed by atoms with E-state index in [4.69, 9.17) is 0 Å². The van der Waals surface area contributed by atoms with Gasteiger partial charge in [-0.3, -0.25) is 24.3 Å². The van der Waals surface area contributed by atoms with Gasteiger partial charge in [0.15, 0.2) is 15.6 Å². The number of carbonyl (C=O) groups excluding carboxylic acids is 3. The molecule has 1 aromatic heterocycles. The summed E-state index contributed by atoms with van der Waals surface area (Å²) in [5, 5.41) is 3.04. The lowest BCUT2D eigenvalue weighted by Crippen LogP contribution is -2.44. The van der Waals surface area contributed by atoms with Crippen LogP contribution in [0.3, 0.4) is 0 Å². The van der Waals surface area contributed by atoms with E-state index in [9.17, 15) is 31.6 Å². The second kappa shape index (κ2) is 13.3. The molecule has 44 heavy (non-hydrogen) atoms. The number of pyridine rings is 1. The first-order valence-electron chi connectivity index (χ1n) is 14.5. The van der Waals surface area contributed by atoms with Gasteiger partial charge in [-0.25, -0.2) is 17.2 Å². The van der Waals surface area contributed by atoms with E-state index in [1.165, 1.54) is 18.5 Å². The molecule has 1 N–H and O–H groups in total. The first-order chi connectivity index (χ1) is 21.0. The second-order valence-corrected chi connectivity index (χ2v) is 13.4. The highest BCUT2D eigenvalue weighted by molar-refractivity contribution is 7.90. The van der Waals surface area contributed by atoms with E-state index in [1.807, 2.05) is 12.1 Å². The molecule has 0 spiro atoms. The first kappa shape index (κ1) is 31.4. The van der Waals surface area contributed by atoms with Gasteiger partial charge in [-0.15, -0.1) is 0 Å². The van der Waals surface area contributed by atoms with Crippen molar-refractivity contribution in [2.24, 2.45) is 5.92 Å². The Labute approximate surface area is 255 Å². The summed E-state index contributed by atoms with van der Waals surface area (Å²) in [6.07, 6.45) is 4.82. The number of amides is 2. The Morgan fingerprint density at radius 1 is 0.909 bits per heavy atom. The van der Waals surface area contributed by atoms with Crippen molar-refractivity contribution in [3.05, 3.63) is 94.8 Å². The van der Waals surface area contributed by atoms with Crippen LogP contribution in [0.4, 0.5) is 8.78 Å². The Bertz CT molecular complexity index is 1630. The number of sulfone groups is 1. The molecule has 0 radical (unpaired) electrons. The molecule has 2 fully saturated rings. The average Bonchev–Trinajstić information content (AvgIpc) is 3.01. The molecule has 3 heterocycles. The second-order valence-electron chi connectivity index (χ2n) is 11.4. The molecule has 5 rings (SSSR count). The monoisotopic (exact) mass is 624 g/mol. The van der Waals surface area contributed by atoms with E-state index < -0.39 is 33.2 Å². The van der Waals surface area contributed by atoms with Crippen molar-refractivity contribution in [1.82, 2.24) is 20.1 Å². The molecule has 12 heteroatoms. The molecule has 0 unspecified atom stereocenters. The Morgan fingerprint density at radius 3 is 2.18 bits per heavy atom. The number of hydrogen-bond acceptors (Lipinski definition) is 7. The quantitative estimate of drug-likeness (QED) is 0.378. The van der Waals surface area contributed by atoms with Crippen LogP contribution in [-0.2, 0) is 16.4 Å². The van der Waals surface area contributed by atoms with Crippen LogP contribution in [-0.4, -0.2) is 79.3 Å². The average molecular weight is 625 g/mol. The van der Waals surface area contributed by atoms with Crippen LogP contribution in [0, 0.1) is 17.6 Å². The predicted octanol–water partition coefficient (Wildman–Crippen LogP) is 3.89. The van der Waals surface area contributed by atoms with Crippen LogP contribution in [0.2, 0.25) is 0 Å². The summed E-state index contributed by atoms with van der Waals surface area (Å²) >= 11 is 0. The zero-order valence-corrected chi connectivity index (χ0v) is 25.2. The summed E-state index contributed by atoms with van der Waals surface area (Å²) in [5.41, 5.74) is 1.42. The number of aromatic nitrogens is 1. The van der Waals surface area contributed by atoms with Crippen LogP contribution in [0.5, 0.6) is 0 Å². The molecule has 2 saturated heterocycles. The van der Waals surface area contributed by atoms with Crippen LogP contribution >= 0.6 is 0 Å². The normalized spacial score (nSPS) is 16.9. The van der Waals surface area contributed by atoms with Gasteiger partial charge in [0.05, 0.1) is 16.0 Å². The van der Waals surface area contributed by atoms with Gasteiger partial charge in [0.1, 0.15) is 17.3 Å². The van der Waals surface area contributed by atoms with Crippen LogP contribution in [0.1, 0.15) is 62.5 Å². The number of nitrogens with zero attached hydrogens (tertiary/aromatic N) is 3. The van der Waals surface area contributed by atoms with Gasteiger partial charge < -0.3 is 10.2 Å². The Balaban J connectivity index is 1.07. The van der Waals surface area contributed by atoms with Gasteiger partial charge >= 0.3 is 0 Å². The number of Topliss-reactive ketones (excluding diaryl/α,β-unsaturated/α-hetero) is 1. The predicted molar refractivity (Wildman–Crippen MR) is 159 cm³/mol. The summed E-state index contributed by atoms with van der Waals surface area (Å²) < 4.78 is 50.6. The first-order valence-corrected chi connectivity index (χ1v) is 16.4. The standard InChI is InChI=1S/C32H34F2N4O5S/c1-44(42,43)26-6-2-21(3-7-26)20-37-14-12-25(13-15-37)36-31(40)23-4-9-29(35-19-23)32(41)38-16-10-22(11-17-38)30(39)27-8-5-24(33)18-28(27)34/h2-9,18-19,22,25H,10-17,20H2,1H3,(H,36,40). The highest BCUT2D eigenvalue weighted by Gasteiger charge is 2.30. The van der Waals surface area contributed by atoms with Crippen molar-refractivity contribution in [1.29, 1.82) is 0 Å². The zero-order valence-electron chi connectivity index (χ0n) is 24.3. The van der Waals surface area contributed by atoms with Gasteiger partial charge in [0.2, 0.25) is 0 Å². The molecule has 2 amide bonds. The number of piperidine rings is 2. The number of likely N-dealkylation sites (tertiary alicyclic amines) is 2. The lowest BCUT2D eigenvalue weighted by Gasteiger charge is -2.32. The van der Waals surface area contributed by atoms with Gasteiger partial charge in [0, 0.05) is 63.2 Å². The van der Waals surface area contributed by atoms with Gasteiger partial charge in [0.25, 0.3) is 11.8 Å². The molecule has 2 aliphatic heterocycles. The lowest BCUT2D eigenvalue weighted by atomic mass is 9.88. The molecule has 0 saturated carbocycles. The minimum Gasteiger partial charge on any atom is -0.349 e. The van der Waals surface area contributed by atoms with E-state index in [-0.39, 0.29) is 29.1 Å². The zero-order chi connectivity index (χ0) is 31.4. The Morgan fingerprint density at radius 2 is 1.59 bits per heavy atom. The Kier molecular flexibility index (Phi) is 9.50. The number of ketones is 1. The summed E-state index contributed by atoms with van der Waals surface area (Å²) in [5.74, 6) is -3.06. The van der Waals surface area contributed by atoms with Crippen molar-refractivity contribution in [3.8, 4) is 0 Å². The van der Waals surface area contributed by atoms with Gasteiger partial charge in [-0.2, -0.15) is 0 Å². The fraction of sp³-hybridized carbons (Fsp3) is 0.375. The Hall–Kier alpha value is -4.03. The minimum absolute atomic E-state index is 0.0000551. The number of halogens is 2. The molecule has 2 aromatic carbocycles. The smallest absolute Gasteiger partial charge is 0.272 e. The van der Waals surface area contributed by atoms with E-state index in [0.29, 0.717) is 49.0 Å². The highest BCUT2D eigenvalue weighted by Crippen LogP contribution is 2.24. The molecule has 0 aliphatic carbocycles. The maximum Gasteiger partial charge on any atom is 0.272 e. The van der Waals surface area contributed by atoms with E-state index >= 15 is 0 Å². The van der Waals surface area contributed by atoms with Crippen LogP contribution < -0.4 is 5.32 Å². The summed E-state index contributed by atoms with van der Waals surface area (Å²) in [6, 6.07) is 12.9. The minimum atomic E-state index is -3.23. The SMILES string of the molecule is CS(=O)(=O)c1ccc(CN2CCC(NC(=O)c3ccc(C(=O)N4CCC(C(=O)c5ccc(F)cc5F)CC4)nc3)CC2)cc1. The maximum atomic E-state index is 14.1. The van der Waals surface area contributed by atoms with Crippen LogP contribution in [0.25, 0.3) is 0 Å². The fourth-order valence-electron chi connectivity index (χ4n) is 5.68. The molecule has 0 bridgehead atoms. The van der Waals surface area contributed by atoms with Crippen molar-refractivity contribution in [2.75, 3.05) is 32.4 Å². The molecular formula is C32H34F2N4O5S. The van der Waals surface area contributed by atoms with E-state index in [2.05, 4.69) is 15.2 Å². The number of benzene rings is 2. The third-order valence-corrected chi connectivity index (χ3v) is 9.40. The topological polar surface area (TPSA) is 117 Å². The van der Waals surface area contributed by atoms with E-state index in [1.54, 1.807) is 23.1 Å². The molecule has 2 aliphatic rings. The summed E-state index contributed by atoms with van der Waals surface area (Å²) in [7, 11) is -3.23. The third kappa shape index (κ3) is 7.54. The van der Waals surface area contributed by atoms with Crippen molar-refractivity contribution in [2.45, 2.75) is 43.2 Å². The fourth-order valence-corrected chi connectivity index (χ4v) is 6.31. The number of hydrogen-bond donors (Lipinski definition) is 1. The number of carbonyl (C=O) groups is 3. The highest BCUT2D eigenvalue weighted by atomic mass is 32.2. The third-order valence-electron chi connectivity index (χ3n) is 8.27. The van der Waals surface area contributed by atoms with Gasteiger partial charge in [-0.05, 0) is 67.6 Å². The number of rotatable bonds is 8. The van der Waals surface area contributed by atoms with Crippen molar-refractivity contribution < 1.29 is 31.6 Å². The van der Waals surface area contributed by atoms with E-state index in [0.717, 1.165) is 43.6 Å². The summed E-state index contributed by atoms with van der Waals surface area (Å²) in [4.78, 5) is 46.9.